The molecule has 4 aromatic carbocycles. The second kappa shape index (κ2) is 22.4. The van der Waals surface area contributed by atoms with E-state index in [9.17, 15) is 14.4 Å². The van der Waals surface area contributed by atoms with Crippen molar-refractivity contribution in [2.24, 2.45) is 0 Å². The summed E-state index contributed by atoms with van der Waals surface area (Å²) in [7, 11) is 10.6. The topological polar surface area (TPSA) is 171 Å². The van der Waals surface area contributed by atoms with Gasteiger partial charge in [-0.3, -0.25) is 14.4 Å². The SMILES string of the molecule is COC(=O)CN1CCOCCN(CC(=O)OC)c2cc(OCC(=O)NCCc3ccc(N)cc3)c(-c3c4ccc(=[N+](C)C)cc-4oc4cc(N(C)C)ccc34)cc2OCCOc2cc(C)ccc21. The van der Waals surface area contributed by atoms with Crippen LogP contribution >= 0.6 is 0 Å². The Morgan fingerprint density at radius 1 is 0.765 bits per heavy atom. The van der Waals surface area contributed by atoms with E-state index < -0.39 is 11.9 Å². The van der Waals surface area contributed by atoms with E-state index in [0.717, 1.165) is 38.7 Å². The van der Waals surface area contributed by atoms with Crippen LogP contribution in [0.3, 0.4) is 0 Å². The summed E-state index contributed by atoms with van der Waals surface area (Å²) in [4.78, 5) is 45.0. The highest BCUT2D eigenvalue weighted by molar-refractivity contribution is 6.04. The first-order valence-electron chi connectivity index (χ1n) is 22.5. The molecule has 16 heteroatoms. The van der Waals surface area contributed by atoms with Gasteiger partial charge < -0.3 is 58.6 Å². The highest BCUT2D eigenvalue weighted by Crippen LogP contribution is 2.48. The number of anilines is 4. The van der Waals surface area contributed by atoms with Crippen LogP contribution in [-0.2, 0) is 35.0 Å². The van der Waals surface area contributed by atoms with E-state index in [1.807, 2.05) is 134 Å². The fourth-order valence-corrected chi connectivity index (χ4v) is 7.93. The van der Waals surface area contributed by atoms with E-state index in [0.29, 0.717) is 70.7 Å². The molecule has 0 atom stereocenters. The highest BCUT2D eigenvalue weighted by atomic mass is 16.5. The first-order chi connectivity index (χ1) is 32.8. The molecule has 0 spiro atoms. The van der Waals surface area contributed by atoms with Crippen LogP contribution in [0.25, 0.3) is 33.4 Å². The number of aryl methyl sites for hydroxylation is 1. The fraction of sp³-hybridized carbons (Fsp3) is 0.346. The third-order valence-electron chi connectivity index (χ3n) is 11.6. The number of hydrogen-bond acceptors (Lipinski definition) is 14. The molecule has 2 aliphatic heterocycles. The number of carbonyl (C=O) groups excluding carboxylic acids is 3. The van der Waals surface area contributed by atoms with E-state index in [1.165, 1.54) is 14.2 Å². The average molecular weight is 930 g/mol. The minimum Gasteiger partial charge on any atom is -0.488 e. The summed E-state index contributed by atoms with van der Waals surface area (Å²) < 4.78 is 44.8. The van der Waals surface area contributed by atoms with Gasteiger partial charge in [-0.05, 0) is 73.0 Å². The van der Waals surface area contributed by atoms with E-state index in [2.05, 4.69) is 5.32 Å². The summed E-state index contributed by atoms with van der Waals surface area (Å²) in [6, 6.07) is 29.1. The number of amides is 1. The van der Waals surface area contributed by atoms with Crippen LogP contribution in [0.5, 0.6) is 17.2 Å². The molecule has 1 aliphatic carbocycles. The summed E-state index contributed by atoms with van der Waals surface area (Å²) >= 11 is 0. The average Bonchev–Trinajstić information content (AvgIpc) is 3.33. The summed E-state index contributed by atoms with van der Waals surface area (Å²) in [5.41, 5.74) is 13.5. The van der Waals surface area contributed by atoms with Crippen LogP contribution in [0.2, 0.25) is 0 Å². The van der Waals surface area contributed by atoms with Crippen LogP contribution in [-0.4, -0.2) is 126 Å². The van der Waals surface area contributed by atoms with Gasteiger partial charge in [0.15, 0.2) is 6.61 Å². The van der Waals surface area contributed by atoms with Gasteiger partial charge in [0.25, 0.3) is 5.91 Å². The fourth-order valence-electron chi connectivity index (χ4n) is 7.93. The van der Waals surface area contributed by atoms with Crippen molar-refractivity contribution in [1.82, 2.24) is 9.89 Å². The maximum absolute atomic E-state index is 13.6. The van der Waals surface area contributed by atoms with Gasteiger partial charge in [-0.1, -0.05) is 18.2 Å². The molecule has 0 aromatic heterocycles. The van der Waals surface area contributed by atoms with Gasteiger partial charge in [0, 0.05) is 85.4 Å². The number of hydrogen-bond donors (Lipinski definition) is 2. The van der Waals surface area contributed by atoms with Crippen molar-refractivity contribution < 1.29 is 47.2 Å². The van der Waals surface area contributed by atoms with Crippen molar-refractivity contribution >= 4 is 51.6 Å². The number of nitrogens with two attached hydrogens (primary N) is 1. The molecule has 1 amide bonds. The van der Waals surface area contributed by atoms with E-state index in [4.69, 9.17) is 38.6 Å². The molecule has 0 fully saturated rings. The molecule has 3 aliphatic rings. The normalized spacial score (nSPS) is 13.2. The summed E-state index contributed by atoms with van der Waals surface area (Å²) in [6.07, 6.45) is 0.603. The molecule has 0 radical (unpaired) electrons. The number of benzene rings is 5. The Kier molecular flexibility index (Phi) is 15.9. The number of carbonyl (C=O) groups is 3. The lowest BCUT2D eigenvalue weighted by Crippen LogP contribution is -2.36. The molecule has 68 heavy (non-hydrogen) atoms. The molecular weight excluding hydrogens is 869 g/mol. The Hall–Kier alpha value is -7.46. The Morgan fingerprint density at radius 3 is 2.10 bits per heavy atom. The Balaban J connectivity index is 1.36. The Morgan fingerprint density at radius 2 is 1.44 bits per heavy atom. The zero-order valence-electron chi connectivity index (χ0n) is 39.9. The third kappa shape index (κ3) is 11.9. The smallest absolute Gasteiger partial charge is 0.325 e. The molecule has 2 heterocycles. The molecule has 0 bridgehead atoms. The van der Waals surface area contributed by atoms with Crippen molar-refractivity contribution in [3.05, 3.63) is 107 Å². The number of nitrogen functional groups attached to an aromatic ring is 1. The molecule has 4 aromatic rings. The molecule has 358 valence electrons. The number of ether oxygens (including phenoxy) is 6. The number of methoxy groups -OCH3 is 2. The predicted molar refractivity (Wildman–Crippen MR) is 264 cm³/mol. The number of fused-ring (bicyclic) bond motifs is 4. The van der Waals surface area contributed by atoms with Gasteiger partial charge in [-0.15, -0.1) is 0 Å². The minimum atomic E-state index is -0.491. The Bertz CT molecular complexity index is 2790. The van der Waals surface area contributed by atoms with Crippen molar-refractivity contribution in [3.63, 3.8) is 0 Å². The molecular formula is C52H61N6O10+. The van der Waals surface area contributed by atoms with Crippen LogP contribution in [0.15, 0.2) is 95.4 Å². The van der Waals surface area contributed by atoms with Crippen LogP contribution in [0, 0.1) is 6.92 Å². The van der Waals surface area contributed by atoms with Gasteiger partial charge in [0.1, 0.15) is 69.0 Å². The standard InChI is InChI=1S/C52H60N6O10/c1-34-8-17-42-47(26-34)65-24-25-66-48-29-41(52-39-15-13-37(55(2)3)27-45(39)68-46-28-38(56(4)5)14-16-40(46)52)44(67-33-49(59)54-19-18-35-9-11-36(53)12-10-35)30-43(48)58(32-51(61)63-7)21-23-64-22-20-57(42)31-50(60)62-6/h8-17,26-30H,18-25,31-33,53H2,1-7H3/p+1. The number of rotatable bonds is 12. The first-order valence-corrected chi connectivity index (χ1v) is 22.5. The highest BCUT2D eigenvalue weighted by Gasteiger charge is 2.27. The lowest BCUT2D eigenvalue weighted by Gasteiger charge is -2.28. The largest absolute Gasteiger partial charge is 0.488 e. The monoisotopic (exact) mass is 929 g/mol. The number of nitrogens with zero attached hydrogens (tertiary/aromatic N) is 4. The molecule has 0 saturated heterocycles. The predicted octanol–water partition coefficient (Wildman–Crippen LogP) is 5.38. The number of esters is 2. The molecule has 0 saturated carbocycles. The Labute approximate surface area is 396 Å². The lowest BCUT2D eigenvalue weighted by molar-refractivity contribution is -0.139. The van der Waals surface area contributed by atoms with Gasteiger partial charge in [-0.25, -0.2) is 4.58 Å². The summed E-state index contributed by atoms with van der Waals surface area (Å²) in [6.45, 7) is 3.06. The minimum absolute atomic E-state index is 0.0229. The quantitative estimate of drug-likeness (QED) is 0.0695. The van der Waals surface area contributed by atoms with Gasteiger partial charge >= 0.3 is 11.9 Å². The van der Waals surface area contributed by atoms with Crippen molar-refractivity contribution in [2.75, 3.05) is 129 Å². The molecule has 16 nitrogen and oxygen atoms in total. The molecule has 7 rings (SSSR count). The van der Waals surface area contributed by atoms with Crippen LogP contribution in [0.4, 0.5) is 22.7 Å². The van der Waals surface area contributed by atoms with Crippen LogP contribution < -0.4 is 49.9 Å². The van der Waals surface area contributed by atoms with E-state index >= 15 is 0 Å². The summed E-state index contributed by atoms with van der Waals surface area (Å²) in [5, 5.41) is 4.72. The molecule has 3 N–H and O–H groups in total. The zero-order chi connectivity index (χ0) is 48.3. The third-order valence-corrected chi connectivity index (χ3v) is 11.6. The van der Waals surface area contributed by atoms with Gasteiger partial charge in [0.05, 0.1) is 44.9 Å². The second-order valence-corrected chi connectivity index (χ2v) is 16.8. The van der Waals surface area contributed by atoms with Gasteiger partial charge in [0.2, 0.25) is 5.36 Å². The summed E-state index contributed by atoms with van der Waals surface area (Å²) in [5.74, 6) is 0.742. The zero-order valence-corrected chi connectivity index (χ0v) is 39.9. The lowest BCUT2D eigenvalue weighted by atomic mass is 9.92. The maximum atomic E-state index is 13.6. The number of nitrogens with one attached hydrogen (secondary N) is 1. The van der Waals surface area contributed by atoms with E-state index in [1.54, 1.807) is 11.0 Å². The van der Waals surface area contributed by atoms with Crippen LogP contribution in [0.1, 0.15) is 11.1 Å². The van der Waals surface area contributed by atoms with Crippen molar-refractivity contribution in [3.8, 4) is 39.7 Å². The maximum Gasteiger partial charge on any atom is 0.325 e. The van der Waals surface area contributed by atoms with Crippen molar-refractivity contribution in [1.29, 1.82) is 0 Å². The first kappa shape index (κ1) is 48.5. The molecule has 0 unspecified atom stereocenters. The van der Waals surface area contributed by atoms with Crippen molar-refractivity contribution in [2.45, 2.75) is 13.3 Å². The van der Waals surface area contributed by atoms with E-state index in [-0.39, 0.29) is 58.6 Å². The van der Waals surface area contributed by atoms with Gasteiger partial charge in [-0.2, -0.15) is 0 Å². The second-order valence-electron chi connectivity index (χ2n) is 16.8.